The van der Waals surface area contributed by atoms with Crippen LogP contribution in [0.4, 0.5) is 19.3 Å². The van der Waals surface area contributed by atoms with Crippen molar-refractivity contribution >= 4 is 22.6 Å². The fraction of sp³-hybridized carbons (Fsp3) is 0.588. The molecule has 1 aromatic carbocycles. The lowest BCUT2D eigenvalue weighted by atomic mass is 9.91. The van der Waals surface area contributed by atoms with Crippen molar-refractivity contribution in [2.45, 2.75) is 44.9 Å². The van der Waals surface area contributed by atoms with E-state index in [1.54, 1.807) is 20.8 Å². The van der Waals surface area contributed by atoms with Gasteiger partial charge in [-0.1, -0.05) is 0 Å². The first kappa shape index (κ1) is 22.2. The van der Waals surface area contributed by atoms with Crippen molar-refractivity contribution in [3.8, 4) is 0 Å². The van der Waals surface area contributed by atoms with Crippen LogP contribution < -0.4 is 5.32 Å². The minimum absolute atomic E-state index is 0.0138. The minimum Gasteiger partial charge on any atom is -0.444 e. The molecule has 0 saturated carbocycles. The number of benzene rings is 1. The van der Waals surface area contributed by atoms with E-state index in [4.69, 9.17) is 4.74 Å². The topological polar surface area (TPSA) is 119 Å². The summed E-state index contributed by atoms with van der Waals surface area (Å²) in [5.74, 6) is -3.24. The third-order valence-corrected chi connectivity index (χ3v) is 5.65. The van der Waals surface area contributed by atoms with Gasteiger partial charge in [0.25, 0.3) is 0 Å². The molecule has 1 heterocycles. The van der Waals surface area contributed by atoms with Crippen LogP contribution in [0, 0.1) is 27.7 Å². The number of carbonyl (C=O) groups excluding carboxylic acids is 1. The summed E-state index contributed by atoms with van der Waals surface area (Å²) in [4.78, 5) is 21.5. The molecule has 156 valence electrons. The number of amides is 1. The first-order valence-electron chi connectivity index (χ1n) is 8.52. The zero-order valence-electron chi connectivity index (χ0n) is 15.6. The minimum atomic E-state index is -1.38. The van der Waals surface area contributed by atoms with E-state index in [1.807, 2.05) is 0 Å². The summed E-state index contributed by atoms with van der Waals surface area (Å²) in [5.41, 5.74) is -1.92. The molecule has 11 heteroatoms. The molecule has 8 nitrogen and oxygen atoms in total. The highest BCUT2D eigenvalue weighted by molar-refractivity contribution is 7.85. The van der Waals surface area contributed by atoms with Gasteiger partial charge in [-0.05, 0) is 44.9 Å². The molecule has 0 aliphatic carbocycles. The molecule has 0 unspecified atom stereocenters. The van der Waals surface area contributed by atoms with Gasteiger partial charge in [0.2, 0.25) is 11.6 Å². The van der Waals surface area contributed by atoms with Crippen LogP contribution >= 0.6 is 0 Å². The number of nitrogens with zero attached hydrogens (tertiary/aromatic N) is 1. The number of nitro benzene ring substituents is 1. The van der Waals surface area contributed by atoms with Crippen LogP contribution in [0.2, 0.25) is 0 Å². The van der Waals surface area contributed by atoms with Gasteiger partial charge in [-0.25, -0.2) is 4.79 Å². The van der Waals surface area contributed by atoms with Gasteiger partial charge in [0, 0.05) is 28.2 Å². The molecule has 1 aliphatic rings. The van der Waals surface area contributed by atoms with E-state index < -0.39 is 62.8 Å². The maximum absolute atomic E-state index is 13.8. The second kappa shape index (κ2) is 8.48. The van der Waals surface area contributed by atoms with Gasteiger partial charge in [0.05, 0.1) is 17.1 Å². The van der Waals surface area contributed by atoms with E-state index in [0.717, 1.165) is 12.1 Å². The number of aliphatic hydroxyl groups is 1. The molecule has 1 aromatic rings. The first-order valence-corrected chi connectivity index (χ1v) is 10.0. The van der Waals surface area contributed by atoms with Gasteiger partial charge in [0.15, 0.2) is 0 Å². The fourth-order valence-electron chi connectivity index (χ4n) is 3.01. The molecular weight excluding hydrogens is 398 g/mol. The van der Waals surface area contributed by atoms with Gasteiger partial charge in [-0.15, -0.1) is 0 Å². The number of ether oxygens (including phenoxy) is 1. The van der Waals surface area contributed by atoms with Crippen LogP contribution in [-0.2, 0) is 22.0 Å². The summed E-state index contributed by atoms with van der Waals surface area (Å²) in [6.45, 7) is 5.01. The maximum Gasteiger partial charge on any atom is 0.407 e. The predicted octanol–water partition coefficient (Wildman–Crippen LogP) is 2.05. The SMILES string of the molecule is CC(C)(C)OC(=O)N[C@H]1C[S@](=O)C[C@@H](Cc2cc(F)c([N+](=O)[O-])c(F)c2)[C@@H]1O. The largest absolute Gasteiger partial charge is 0.444 e. The summed E-state index contributed by atoms with van der Waals surface area (Å²) < 4.78 is 44.9. The van der Waals surface area contributed by atoms with Gasteiger partial charge >= 0.3 is 11.8 Å². The van der Waals surface area contributed by atoms with Crippen molar-refractivity contribution < 1.29 is 32.6 Å². The number of aliphatic hydroxyl groups excluding tert-OH is 1. The molecule has 2 rings (SSSR count). The van der Waals surface area contributed by atoms with Gasteiger partial charge in [0.1, 0.15) is 5.60 Å². The van der Waals surface area contributed by atoms with Gasteiger partial charge < -0.3 is 15.2 Å². The molecule has 1 amide bonds. The molecule has 1 fully saturated rings. The van der Waals surface area contributed by atoms with Crippen LogP contribution in [-0.4, -0.2) is 49.6 Å². The quantitative estimate of drug-likeness (QED) is 0.568. The molecule has 0 spiro atoms. The molecule has 0 aromatic heterocycles. The maximum atomic E-state index is 13.8. The lowest BCUT2D eigenvalue weighted by Gasteiger charge is -2.35. The Balaban J connectivity index is 2.14. The second-order valence-corrected chi connectivity index (χ2v) is 9.19. The summed E-state index contributed by atoms with van der Waals surface area (Å²) in [6, 6.07) is 0.783. The van der Waals surface area contributed by atoms with Crippen molar-refractivity contribution in [2.75, 3.05) is 11.5 Å². The van der Waals surface area contributed by atoms with Crippen molar-refractivity contribution in [2.24, 2.45) is 5.92 Å². The number of carbonyl (C=O) groups is 1. The first-order chi connectivity index (χ1) is 12.9. The molecule has 2 N–H and O–H groups in total. The number of hydrogen-bond donors (Lipinski definition) is 2. The standard InChI is InChI=1S/C17H22F2N2O6S/c1-17(2,3)27-16(23)20-13-8-28(26)7-10(15(13)22)4-9-5-11(18)14(21(24)25)12(19)6-9/h5-6,10,13,15,22H,4,7-8H2,1-3H3,(H,20,23)/t10-,13+,15+,28-/m1/s1. The number of halogens is 2. The summed E-state index contributed by atoms with van der Waals surface area (Å²) in [5, 5.41) is 23.7. The Kier molecular flexibility index (Phi) is 6.71. The van der Waals surface area contributed by atoms with Crippen LogP contribution in [0.15, 0.2) is 12.1 Å². The Bertz CT molecular complexity index is 775. The number of nitro groups is 1. The summed E-state index contributed by atoms with van der Waals surface area (Å²) in [6.07, 6.45) is -1.97. The second-order valence-electron chi connectivity index (χ2n) is 7.65. The van der Waals surface area contributed by atoms with Crippen molar-refractivity contribution in [1.82, 2.24) is 5.32 Å². The van der Waals surface area contributed by atoms with E-state index in [-0.39, 0.29) is 23.5 Å². The average molecular weight is 420 g/mol. The lowest BCUT2D eigenvalue weighted by Crippen LogP contribution is -2.55. The van der Waals surface area contributed by atoms with Crippen molar-refractivity contribution in [3.63, 3.8) is 0 Å². The molecular formula is C17H22F2N2O6S. The molecule has 1 aliphatic heterocycles. The number of rotatable bonds is 4. The van der Waals surface area contributed by atoms with E-state index in [2.05, 4.69) is 5.32 Å². The van der Waals surface area contributed by atoms with Gasteiger partial charge in [-0.3, -0.25) is 14.3 Å². The zero-order valence-corrected chi connectivity index (χ0v) is 16.4. The fourth-order valence-corrected chi connectivity index (χ4v) is 4.62. The number of nitrogens with one attached hydrogen (secondary N) is 1. The average Bonchev–Trinajstić information content (AvgIpc) is 2.48. The summed E-state index contributed by atoms with van der Waals surface area (Å²) >= 11 is 0. The Morgan fingerprint density at radius 1 is 1.36 bits per heavy atom. The van der Waals surface area contributed by atoms with E-state index >= 15 is 0 Å². The summed E-state index contributed by atoms with van der Waals surface area (Å²) in [7, 11) is -1.38. The third kappa shape index (κ3) is 5.68. The molecule has 0 radical (unpaired) electrons. The Morgan fingerprint density at radius 2 is 1.93 bits per heavy atom. The highest BCUT2D eigenvalue weighted by Gasteiger charge is 2.37. The number of alkyl carbamates (subject to hydrolysis) is 1. The highest BCUT2D eigenvalue weighted by atomic mass is 32.2. The van der Waals surface area contributed by atoms with E-state index in [1.165, 1.54) is 0 Å². The lowest BCUT2D eigenvalue weighted by molar-refractivity contribution is -0.390. The van der Waals surface area contributed by atoms with Crippen molar-refractivity contribution in [3.05, 3.63) is 39.4 Å². The monoisotopic (exact) mass is 420 g/mol. The van der Waals surface area contributed by atoms with Crippen LogP contribution in [0.1, 0.15) is 26.3 Å². The van der Waals surface area contributed by atoms with Crippen molar-refractivity contribution in [1.29, 1.82) is 0 Å². The zero-order chi connectivity index (χ0) is 21.2. The molecule has 28 heavy (non-hydrogen) atoms. The normalized spacial score (nSPS) is 25.2. The Hall–Kier alpha value is -2.14. The van der Waals surface area contributed by atoms with Crippen LogP contribution in [0.3, 0.4) is 0 Å². The molecule has 1 saturated heterocycles. The van der Waals surface area contributed by atoms with Gasteiger partial charge in [-0.2, -0.15) is 8.78 Å². The molecule has 0 bridgehead atoms. The van der Waals surface area contributed by atoms with Crippen LogP contribution in [0.25, 0.3) is 0 Å². The Labute approximate surface area is 162 Å². The third-order valence-electron chi connectivity index (χ3n) is 4.12. The van der Waals surface area contributed by atoms with Crippen LogP contribution in [0.5, 0.6) is 0 Å². The van der Waals surface area contributed by atoms with E-state index in [0.29, 0.717) is 0 Å². The smallest absolute Gasteiger partial charge is 0.407 e. The van der Waals surface area contributed by atoms with E-state index in [9.17, 15) is 33.0 Å². The predicted molar refractivity (Wildman–Crippen MR) is 97.2 cm³/mol. The number of hydrogen-bond acceptors (Lipinski definition) is 6. The molecule has 4 atom stereocenters. The Morgan fingerprint density at radius 3 is 2.43 bits per heavy atom. The highest BCUT2D eigenvalue weighted by Crippen LogP contribution is 2.27.